The molecule has 0 aromatic heterocycles. The van der Waals surface area contributed by atoms with Gasteiger partial charge in [0.1, 0.15) is 19.0 Å². The number of hydrogen-bond donors (Lipinski definition) is 0. The van der Waals surface area contributed by atoms with Gasteiger partial charge in [-0.2, -0.15) is 0 Å². The standard InChI is InChI=1S/C12H20O5/c1-4-9(2)11(12-10(7-13)17-12)16-8-15-6-5-14-3/h4,7,9-12H,1,5-6,8H2,2-3H3/t9-,10?,11+,12?/m1/s1. The molecule has 1 rings (SSSR count). The second-order valence-electron chi connectivity index (χ2n) is 3.95. The molecule has 98 valence electrons. The normalized spacial score (nSPS) is 26.2. The molecule has 0 radical (unpaired) electrons. The van der Waals surface area contributed by atoms with Crippen molar-refractivity contribution in [3.8, 4) is 0 Å². The van der Waals surface area contributed by atoms with E-state index >= 15 is 0 Å². The fourth-order valence-electron chi connectivity index (χ4n) is 1.52. The Morgan fingerprint density at radius 3 is 2.76 bits per heavy atom. The van der Waals surface area contributed by atoms with Crippen LogP contribution < -0.4 is 0 Å². The van der Waals surface area contributed by atoms with Gasteiger partial charge in [-0.1, -0.05) is 13.0 Å². The number of hydrogen-bond acceptors (Lipinski definition) is 5. The summed E-state index contributed by atoms with van der Waals surface area (Å²) in [6, 6.07) is 0. The summed E-state index contributed by atoms with van der Waals surface area (Å²) in [6.07, 6.45) is 1.87. The summed E-state index contributed by atoms with van der Waals surface area (Å²) in [6.45, 7) is 6.86. The van der Waals surface area contributed by atoms with Gasteiger partial charge in [0.15, 0.2) is 6.29 Å². The fraction of sp³-hybridized carbons (Fsp3) is 0.750. The molecule has 1 heterocycles. The Kier molecular flexibility index (Phi) is 6.36. The van der Waals surface area contributed by atoms with Gasteiger partial charge in [-0.15, -0.1) is 6.58 Å². The third kappa shape index (κ3) is 4.55. The van der Waals surface area contributed by atoms with Crippen molar-refractivity contribution < 1.29 is 23.7 Å². The highest BCUT2D eigenvalue weighted by atomic mass is 16.7. The zero-order valence-electron chi connectivity index (χ0n) is 10.3. The maximum Gasteiger partial charge on any atom is 0.151 e. The number of aldehydes is 1. The summed E-state index contributed by atoms with van der Waals surface area (Å²) in [5.74, 6) is 0.107. The minimum Gasteiger partial charge on any atom is -0.382 e. The van der Waals surface area contributed by atoms with Gasteiger partial charge in [0, 0.05) is 13.0 Å². The SMILES string of the molecule is C=C[C@@H](C)[C@H](OCOCCOC)C1OC1C=O. The van der Waals surface area contributed by atoms with Crippen LogP contribution in [0.4, 0.5) is 0 Å². The molecule has 17 heavy (non-hydrogen) atoms. The third-order valence-electron chi connectivity index (χ3n) is 2.69. The second kappa shape index (κ2) is 7.55. The summed E-state index contributed by atoms with van der Waals surface area (Å²) in [5.41, 5.74) is 0. The molecule has 0 aromatic carbocycles. The van der Waals surface area contributed by atoms with Crippen molar-refractivity contribution in [2.75, 3.05) is 27.1 Å². The second-order valence-corrected chi connectivity index (χ2v) is 3.95. The van der Waals surface area contributed by atoms with Crippen LogP contribution in [0.1, 0.15) is 6.92 Å². The number of rotatable bonds is 10. The first-order valence-corrected chi connectivity index (χ1v) is 5.66. The van der Waals surface area contributed by atoms with Crippen LogP contribution >= 0.6 is 0 Å². The molecule has 1 saturated heterocycles. The number of methoxy groups -OCH3 is 1. The highest BCUT2D eigenvalue weighted by molar-refractivity contribution is 5.61. The molecule has 0 bridgehead atoms. The summed E-state index contributed by atoms with van der Waals surface area (Å²) in [7, 11) is 1.61. The van der Waals surface area contributed by atoms with Gasteiger partial charge in [-0.3, -0.25) is 0 Å². The Hall–Kier alpha value is -0.750. The molecule has 1 aliphatic heterocycles. The molecule has 0 saturated carbocycles. The molecule has 0 aliphatic carbocycles. The summed E-state index contributed by atoms with van der Waals surface area (Å²) in [5, 5.41) is 0. The predicted octanol–water partition coefficient (Wildman–Crippen LogP) is 0.780. The van der Waals surface area contributed by atoms with Crippen LogP contribution in [-0.4, -0.2) is 51.7 Å². The molecule has 0 spiro atoms. The first kappa shape index (κ1) is 14.3. The van der Waals surface area contributed by atoms with Crippen molar-refractivity contribution in [3.63, 3.8) is 0 Å². The Balaban J connectivity index is 2.27. The Labute approximate surface area is 102 Å². The summed E-state index contributed by atoms with van der Waals surface area (Å²) < 4.78 is 20.8. The summed E-state index contributed by atoms with van der Waals surface area (Å²) >= 11 is 0. The van der Waals surface area contributed by atoms with Crippen LogP contribution in [-0.2, 0) is 23.7 Å². The van der Waals surface area contributed by atoms with Crippen molar-refractivity contribution in [3.05, 3.63) is 12.7 Å². The predicted molar refractivity (Wildman–Crippen MR) is 61.7 cm³/mol. The quantitative estimate of drug-likeness (QED) is 0.187. The van der Waals surface area contributed by atoms with E-state index in [0.29, 0.717) is 13.2 Å². The van der Waals surface area contributed by atoms with Crippen LogP contribution in [0.5, 0.6) is 0 Å². The molecule has 5 heteroatoms. The van der Waals surface area contributed by atoms with Gasteiger partial charge in [0.05, 0.1) is 19.3 Å². The van der Waals surface area contributed by atoms with Crippen molar-refractivity contribution in [2.45, 2.75) is 25.2 Å². The maximum absolute atomic E-state index is 10.6. The molecule has 1 aliphatic rings. The van der Waals surface area contributed by atoms with E-state index in [9.17, 15) is 4.79 Å². The van der Waals surface area contributed by atoms with Gasteiger partial charge < -0.3 is 23.7 Å². The Bertz CT molecular complexity index is 243. The fourth-order valence-corrected chi connectivity index (χ4v) is 1.52. The minimum absolute atomic E-state index is 0.107. The highest BCUT2D eigenvalue weighted by Crippen LogP contribution is 2.30. The highest BCUT2D eigenvalue weighted by Gasteiger charge is 2.47. The van der Waals surface area contributed by atoms with E-state index in [-0.39, 0.29) is 31.0 Å². The van der Waals surface area contributed by atoms with Crippen molar-refractivity contribution in [1.82, 2.24) is 0 Å². The lowest BCUT2D eigenvalue weighted by molar-refractivity contribution is -0.113. The monoisotopic (exact) mass is 244 g/mol. The maximum atomic E-state index is 10.6. The Morgan fingerprint density at radius 2 is 2.24 bits per heavy atom. The zero-order chi connectivity index (χ0) is 12.7. The van der Waals surface area contributed by atoms with Crippen molar-refractivity contribution in [2.24, 2.45) is 5.92 Å². The Morgan fingerprint density at radius 1 is 1.47 bits per heavy atom. The largest absolute Gasteiger partial charge is 0.382 e. The van der Waals surface area contributed by atoms with E-state index in [1.54, 1.807) is 13.2 Å². The number of epoxide rings is 1. The molecule has 1 fully saturated rings. The molecule has 0 amide bonds. The first-order valence-electron chi connectivity index (χ1n) is 5.66. The van der Waals surface area contributed by atoms with E-state index in [1.165, 1.54) is 0 Å². The van der Waals surface area contributed by atoms with Crippen LogP contribution in [0, 0.1) is 5.92 Å². The van der Waals surface area contributed by atoms with E-state index in [2.05, 4.69) is 6.58 Å². The van der Waals surface area contributed by atoms with E-state index < -0.39 is 0 Å². The van der Waals surface area contributed by atoms with Crippen molar-refractivity contribution >= 4 is 6.29 Å². The third-order valence-corrected chi connectivity index (χ3v) is 2.69. The van der Waals surface area contributed by atoms with E-state index in [4.69, 9.17) is 18.9 Å². The van der Waals surface area contributed by atoms with E-state index in [0.717, 1.165) is 6.29 Å². The molecule has 5 nitrogen and oxygen atoms in total. The van der Waals surface area contributed by atoms with E-state index in [1.807, 2.05) is 6.92 Å². The average Bonchev–Trinajstić information content (AvgIpc) is 3.12. The van der Waals surface area contributed by atoms with Crippen molar-refractivity contribution in [1.29, 1.82) is 0 Å². The molecule has 4 atom stereocenters. The number of ether oxygens (including phenoxy) is 4. The topological polar surface area (TPSA) is 57.3 Å². The smallest absolute Gasteiger partial charge is 0.151 e. The van der Waals surface area contributed by atoms with Crippen LogP contribution in [0.3, 0.4) is 0 Å². The van der Waals surface area contributed by atoms with Gasteiger partial charge >= 0.3 is 0 Å². The summed E-state index contributed by atoms with van der Waals surface area (Å²) in [4.78, 5) is 10.6. The van der Waals surface area contributed by atoms with Crippen LogP contribution in [0.2, 0.25) is 0 Å². The molecule has 2 unspecified atom stereocenters. The molecular formula is C12H20O5. The lowest BCUT2D eigenvalue weighted by Crippen LogP contribution is -2.29. The van der Waals surface area contributed by atoms with Gasteiger partial charge in [0.25, 0.3) is 0 Å². The average molecular weight is 244 g/mol. The molecular weight excluding hydrogens is 224 g/mol. The van der Waals surface area contributed by atoms with Crippen LogP contribution in [0.15, 0.2) is 12.7 Å². The van der Waals surface area contributed by atoms with Gasteiger partial charge in [-0.05, 0) is 0 Å². The lowest BCUT2D eigenvalue weighted by Gasteiger charge is -2.20. The van der Waals surface area contributed by atoms with Gasteiger partial charge in [-0.25, -0.2) is 0 Å². The lowest BCUT2D eigenvalue weighted by atomic mass is 10.0. The zero-order valence-corrected chi connectivity index (χ0v) is 10.3. The number of carbonyl (C=O) groups excluding carboxylic acids is 1. The van der Waals surface area contributed by atoms with Crippen LogP contribution in [0.25, 0.3) is 0 Å². The molecule has 0 aromatic rings. The van der Waals surface area contributed by atoms with Gasteiger partial charge in [0.2, 0.25) is 0 Å². The molecule has 0 N–H and O–H groups in total. The first-order chi connectivity index (χ1) is 8.24. The minimum atomic E-state index is -0.346. The number of carbonyl (C=O) groups is 1.